The lowest BCUT2D eigenvalue weighted by atomic mass is 9.76. The molecule has 0 aromatic heterocycles. The molecule has 0 fully saturated rings. The van der Waals surface area contributed by atoms with Crippen molar-refractivity contribution in [2.24, 2.45) is 16.5 Å². The molecule has 0 amide bonds. The van der Waals surface area contributed by atoms with Crippen LogP contribution in [-0.2, 0) is 4.84 Å². The van der Waals surface area contributed by atoms with E-state index in [1.165, 1.54) is 12.0 Å². The molecule has 1 atom stereocenters. The first kappa shape index (κ1) is 10.3. The Morgan fingerprint density at radius 1 is 1.69 bits per heavy atom. The Bertz CT molecular complexity index is 228. The van der Waals surface area contributed by atoms with E-state index >= 15 is 0 Å². The Morgan fingerprint density at radius 3 is 2.85 bits per heavy atom. The molecule has 1 rings (SSSR count). The van der Waals surface area contributed by atoms with E-state index in [-0.39, 0.29) is 0 Å². The minimum Gasteiger partial charge on any atom is -0.399 e. The number of nitrogens with zero attached hydrogens (tertiary/aromatic N) is 1. The van der Waals surface area contributed by atoms with Crippen LogP contribution in [0.2, 0.25) is 0 Å². The van der Waals surface area contributed by atoms with E-state index in [1.54, 1.807) is 7.11 Å². The molecular formula is C11H19NO. The number of rotatable bonds is 3. The zero-order valence-corrected chi connectivity index (χ0v) is 9.00. The third-order valence-corrected chi connectivity index (χ3v) is 3.32. The number of oxime groups is 1. The Balaban J connectivity index is 2.51. The second kappa shape index (κ2) is 3.95. The molecular weight excluding hydrogens is 162 g/mol. The van der Waals surface area contributed by atoms with Crippen LogP contribution in [0.15, 0.2) is 16.8 Å². The van der Waals surface area contributed by atoms with Crippen molar-refractivity contribution in [2.75, 3.05) is 7.11 Å². The fourth-order valence-electron chi connectivity index (χ4n) is 1.83. The molecule has 74 valence electrons. The van der Waals surface area contributed by atoms with Crippen LogP contribution in [0.1, 0.15) is 33.6 Å². The lowest BCUT2D eigenvalue weighted by molar-refractivity contribution is 0.212. The van der Waals surface area contributed by atoms with Crippen LogP contribution in [0, 0.1) is 11.3 Å². The van der Waals surface area contributed by atoms with E-state index in [2.05, 4.69) is 36.8 Å². The van der Waals surface area contributed by atoms with Gasteiger partial charge < -0.3 is 4.84 Å². The largest absolute Gasteiger partial charge is 0.399 e. The molecule has 13 heavy (non-hydrogen) atoms. The normalized spacial score (nSPS) is 26.5. The lowest BCUT2D eigenvalue weighted by Gasteiger charge is -2.28. The number of hydrogen-bond donors (Lipinski definition) is 0. The maximum atomic E-state index is 4.65. The second-order valence-corrected chi connectivity index (χ2v) is 4.25. The topological polar surface area (TPSA) is 21.6 Å². The summed E-state index contributed by atoms with van der Waals surface area (Å²) in [7, 11) is 1.58. The third-order valence-electron chi connectivity index (χ3n) is 3.32. The van der Waals surface area contributed by atoms with Gasteiger partial charge in [0.1, 0.15) is 7.11 Å². The van der Waals surface area contributed by atoms with E-state index in [9.17, 15) is 0 Å². The summed E-state index contributed by atoms with van der Waals surface area (Å²) < 4.78 is 0. The predicted octanol–water partition coefficient (Wildman–Crippen LogP) is 3.00. The highest BCUT2D eigenvalue weighted by Gasteiger charge is 2.33. The van der Waals surface area contributed by atoms with Crippen LogP contribution in [0.3, 0.4) is 0 Å². The van der Waals surface area contributed by atoms with Gasteiger partial charge in [-0.3, -0.25) is 0 Å². The van der Waals surface area contributed by atoms with Crippen LogP contribution in [0.25, 0.3) is 0 Å². The molecule has 2 nitrogen and oxygen atoms in total. The number of hydrogen-bond acceptors (Lipinski definition) is 2. The van der Waals surface area contributed by atoms with Gasteiger partial charge in [-0.15, -0.1) is 0 Å². The molecule has 1 aliphatic rings. The Hall–Kier alpha value is -0.790. The van der Waals surface area contributed by atoms with Crippen LogP contribution < -0.4 is 0 Å². The molecule has 0 aromatic rings. The van der Waals surface area contributed by atoms with Crippen molar-refractivity contribution in [3.05, 3.63) is 11.6 Å². The quantitative estimate of drug-likeness (QED) is 0.372. The number of allylic oxidation sites excluding steroid dienone is 2. The minimum absolute atomic E-state index is 0.333. The molecule has 0 N–H and O–H groups in total. The Kier molecular flexibility index (Phi) is 3.12. The van der Waals surface area contributed by atoms with Crippen LogP contribution in [0.5, 0.6) is 0 Å². The van der Waals surface area contributed by atoms with E-state index in [4.69, 9.17) is 0 Å². The van der Waals surface area contributed by atoms with Gasteiger partial charge in [0.25, 0.3) is 0 Å². The molecule has 1 unspecified atom stereocenters. The minimum atomic E-state index is 0.333. The Morgan fingerprint density at radius 2 is 2.38 bits per heavy atom. The van der Waals surface area contributed by atoms with Crippen molar-refractivity contribution < 1.29 is 4.84 Å². The van der Waals surface area contributed by atoms with E-state index in [0.29, 0.717) is 11.3 Å². The average Bonchev–Trinajstić information content (AvgIpc) is 2.32. The zero-order chi connectivity index (χ0) is 9.90. The summed E-state index contributed by atoms with van der Waals surface area (Å²) in [5.74, 6) is 0.686. The van der Waals surface area contributed by atoms with Gasteiger partial charge in [-0.2, -0.15) is 0 Å². The smallest absolute Gasteiger partial charge is 0.106 e. The van der Waals surface area contributed by atoms with Gasteiger partial charge in [-0.25, -0.2) is 0 Å². The molecule has 0 aliphatic heterocycles. The summed E-state index contributed by atoms with van der Waals surface area (Å²) in [6.45, 7) is 6.82. The fraction of sp³-hybridized carbons (Fsp3) is 0.727. The summed E-state index contributed by atoms with van der Waals surface area (Å²) in [5.41, 5.74) is 1.84. The van der Waals surface area contributed by atoms with E-state index in [1.807, 2.05) is 6.21 Å². The van der Waals surface area contributed by atoms with Gasteiger partial charge in [-0.1, -0.05) is 30.7 Å². The highest BCUT2D eigenvalue weighted by molar-refractivity contribution is 5.57. The molecule has 0 radical (unpaired) electrons. The van der Waals surface area contributed by atoms with Gasteiger partial charge in [0.2, 0.25) is 0 Å². The van der Waals surface area contributed by atoms with Crippen LogP contribution >= 0.6 is 0 Å². The Labute approximate surface area is 80.7 Å². The van der Waals surface area contributed by atoms with Gasteiger partial charge in [0.15, 0.2) is 0 Å². The third kappa shape index (κ3) is 2.11. The molecule has 1 aliphatic carbocycles. The predicted molar refractivity (Wildman–Crippen MR) is 55.8 cm³/mol. The highest BCUT2D eigenvalue weighted by atomic mass is 16.6. The van der Waals surface area contributed by atoms with Gasteiger partial charge in [0, 0.05) is 6.21 Å². The van der Waals surface area contributed by atoms with E-state index in [0.717, 1.165) is 6.42 Å². The summed E-state index contributed by atoms with van der Waals surface area (Å²) in [5, 5.41) is 3.78. The monoisotopic (exact) mass is 181 g/mol. The average molecular weight is 181 g/mol. The van der Waals surface area contributed by atoms with Crippen molar-refractivity contribution >= 4 is 6.21 Å². The first-order valence-corrected chi connectivity index (χ1v) is 4.81. The molecule has 0 heterocycles. The molecule has 0 aromatic carbocycles. The van der Waals surface area contributed by atoms with E-state index < -0.39 is 0 Å². The first-order chi connectivity index (χ1) is 6.09. The van der Waals surface area contributed by atoms with Gasteiger partial charge in [0.05, 0.1) is 0 Å². The highest BCUT2D eigenvalue weighted by Crippen LogP contribution is 2.44. The fourth-order valence-corrected chi connectivity index (χ4v) is 1.83. The van der Waals surface area contributed by atoms with Crippen LogP contribution in [0.4, 0.5) is 0 Å². The lowest BCUT2D eigenvalue weighted by Crippen LogP contribution is -2.20. The van der Waals surface area contributed by atoms with Crippen molar-refractivity contribution in [1.29, 1.82) is 0 Å². The standard InChI is InChI=1S/C11H19NO/c1-9-5-6-10(11(9,2)3)7-8-12-13-4/h5,8,10H,6-7H2,1-4H3. The van der Waals surface area contributed by atoms with Crippen molar-refractivity contribution in [1.82, 2.24) is 0 Å². The van der Waals surface area contributed by atoms with Crippen molar-refractivity contribution in [3.8, 4) is 0 Å². The maximum Gasteiger partial charge on any atom is 0.106 e. The molecule has 0 spiro atoms. The maximum absolute atomic E-state index is 4.65. The van der Waals surface area contributed by atoms with Crippen LogP contribution in [-0.4, -0.2) is 13.3 Å². The van der Waals surface area contributed by atoms with Gasteiger partial charge in [-0.05, 0) is 31.1 Å². The molecule has 0 saturated heterocycles. The van der Waals surface area contributed by atoms with Crippen molar-refractivity contribution in [3.63, 3.8) is 0 Å². The zero-order valence-electron chi connectivity index (χ0n) is 9.00. The molecule has 0 saturated carbocycles. The summed E-state index contributed by atoms with van der Waals surface area (Å²) in [4.78, 5) is 4.65. The summed E-state index contributed by atoms with van der Waals surface area (Å²) >= 11 is 0. The first-order valence-electron chi connectivity index (χ1n) is 4.81. The summed E-state index contributed by atoms with van der Waals surface area (Å²) in [6, 6.07) is 0. The molecule has 0 bridgehead atoms. The second-order valence-electron chi connectivity index (χ2n) is 4.25. The van der Waals surface area contributed by atoms with Gasteiger partial charge >= 0.3 is 0 Å². The summed E-state index contributed by atoms with van der Waals surface area (Å²) in [6.07, 6.45) is 6.40. The molecule has 2 heteroatoms. The SMILES string of the molecule is CON=CCC1CC=C(C)C1(C)C. The van der Waals surface area contributed by atoms with Crippen molar-refractivity contribution in [2.45, 2.75) is 33.6 Å².